The number of hydrogen-bond acceptors (Lipinski definition) is 2. The van der Waals surface area contributed by atoms with Gasteiger partial charge >= 0.3 is 5.97 Å². The molecule has 0 fully saturated rings. The van der Waals surface area contributed by atoms with Crippen LogP contribution in [0.25, 0.3) is 0 Å². The van der Waals surface area contributed by atoms with Crippen LogP contribution in [0.1, 0.15) is 26.3 Å². The number of alkyl halides is 1. The average molecular weight is 301 g/mol. The Balaban J connectivity index is 2.65. The third kappa shape index (κ3) is 5.22. The second-order valence-corrected chi connectivity index (χ2v) is 5.97. The molecule has 0 aliphatic rings. The third-order valence-corrected chi connectivity index (χ3v) is 2.75. The van der Waals surface area contributed by atoms with Gasteiger partial charge in [-0.15, -0.1) is 0 Å². The molecule has 1 aromatic rings. The second kappa shape index (κ2) is 5.54. The van der Waals surface area contributed by atoms with E-state index in [-0.39, 0.29) is 5.60 Å². The maximum atomic E-state index is 10.7. The lowest BCUT2D eigenvalue weighted by Gasteiger charge is -2.21. The third-order valence-electron chi connectivity index (χ3n) is 2.03. The number of carboxylic acids is 1. The fourth-order valence-corrected chi connectivity index (χ4v) is 1.72. The minimum Gasteiger partial charge on any atom is -0.488 e. The number of carboxylic acid groups (broad SMARTS) is 1. The highest BCUT2D eigenvalue weighted by molar-refractivity contribution is 9.10. The Labute approximate surface area is 110 Å². The molecule has 0 spiro atoms. The first-order valence-corrected chi connectivity index (χ1v) is 6.34. The number of rotatable bonds is 4. The number of halogens is 1. The van der Waals surface area contributed by atoms with Gasteiger partial charge in [0.15, 0.2) is 0 Å². The molecule has 3 nitrogen and oxygen atoms in total. The molecule has 17 heavy (non-hydrogen) atoms. The summed E-state index contributed by atoms with van der Waals surface area (Å²) >= 11 is 3.12. The monoisotopic (exact) mass is 300 g/mol. The number of ether oxygens (including phenoxy) is 1. The smallest absolute Gasteiger partial charge is 0.317 e. The molecule has 0 heterocycles. The standard InChI is InChI=1S/C13H17BrO3/c1-13(2,3)17-10-6-4-9(5-7-10)8-11(14)12(15)16/h4-7,11H,8H2,1-3H3,(H,15,16)/t11-/m1/s1. The van der Waals surface area contributed by atoms with Crippen LogP contribution < -0.4 is 4.74 Å². The first-order chi connectivity index (χ1) is 7.78. The highest BCUT2D eigenvalue weighted by atomic mass is 79.9. The highest BCUT2D eigenvalue weighted by Gasteiger charge is 2.14. The van der Waals surface area contributed by atoms with Gasteiger partial charge in [0.2, 0.25) is 0 Å². The summed E-state index contributed by atoms with van der Waals surface area (Å²) in [7, 11) is 0. The topological polar surface area (TPSA) is 46.5 Å². The second-order valence-electron chi connectivity index (χ2n) is 4.87. The summed E-state index contributed by atoms with van der Waals surface area (Å²) in [5.74, 6) is -0.0530. The van der Waals surface area contributed by atoms with E-state index in [1.165, 1.54) is 0 Å². The van der Waals surface area contributed by atoms with Crippen LogP contribution in [0.15, 0.2) is 24.3 Å². The van der Waals surface area contributed by atoms with Crippen LogP contribution in [0.3, 0.4) is 0 Å². The molecule has 94 valence electrons. The SMILES string of the molecule is CC(C)(C)Oc1ccc(C[C@@H](Br)C(=O)O)cc1. The van der Waals surface area contributed by atoms with Crippen LogP contribution in [0.4, 0.5) is 0 Å². The van der Waals surface area contributed by atoms with Crippen molar-refractivity contribution in [2.45, 2.75) is 37.6 Å². The molecule has 0 amide bonds. The van der Waals surface area contributed by atoms with Crippen LogP contribution in [-0.2, 0) is 11.2 Å². The Kier molecular flexibility index (Phi) is 4.57. The summed E-state index contributed by atoms with van der Waals surface area (Å²) in [6.07, 6.45) is 0.463. The molecule has 0 aromatic heterocycles. The first kappa shape index (κ1) is 14.0. The zero-order valence-electron chi connectivity index (χ0n) is 10.2. The molecular weight excluding hydrogens is 284 g/mol. The average Bonchev–Trinajstić information content (AvgIpc) is 2.18. The summed E-state index contributed by atoms with van der Waals surface area (Å²) in [6.45, 7) is 5.96. The van der Waals surface area contributed by atoms with Crippen molar-refractivity contribution in [3.63, 3.8) is 0 Å². The van der Waals surface area contributed by atoms with E-state index >= 15 is 0 Å². The maximum Gasteiger partial charge on any atom is 0.317 e. The van der Waals surface area contributed by atoms with Crippen LogP contribution >= 0.6 is 15.9 Å². The van der Waals surface area contributed by atoms with Crippen molar-refractivity contribution in [1.82, 2.24) is 0 Å². The van der Waals surface area contributed by atoms with Crippen LogP contribution in [0, 0.1) is 0 Å². The van der Waals surface area contributed by atoms with E-state index in [4.69, 9.17) is 9.84 Å². The molecule has 0 unspecified atom stereocenters. The van der Waals surface area contributed by atoms with Crippen LogP contribution in [-0.4, -0.2) is 21.5 Å². The van der Waals surface area contributed by atoms with E-state index in [9.17, 15) is 4.79 Å². The molecule has 1 rings (SSSR count). The van der Waals surface area contributed by atoms with Crippen molar-refractivity contribution >= 4 is 21.9 Å². The van der Waals surface area contributed by atoms with Crippen molar-refractivity contribution in [3.05, 3.63) is 29.8 Å². The molecule has 0 aliphatic carbocycles. The van der Waals surface area contributed by atoms with Crippen molar-refractivity contribution in [2.24, 2.45) is 0 Å². The van der Waals surface area contributed by atoms with Gasteiger partial charge in [-0.1, -0.05) is 28.1 Å². The van der Waals surface area contributed by atoms with E-state index in [0.29, 0.717) is 6.42 Å². The molecule has 1 aromatic carbocycles. The molecule has 0 saturated carbocycles. The van der Waals surface area contributed by atoms with Gasteiger partial charge in [-0.05, 0) is 44.9 Å². The fourth-order valence-electron chi connectivity index (χ4n) is 1.34. The van der Waals surface area contributed by atoms with Crippen molar-refractivity contribution in [3.8, 4) is 5.75 Å². The van der Waals surface area contributed by atoms with Gasteiger partial charge in [0.05, 0.1) is 0 Å². The molecule has 0 radical (unpaired) electrons. The van der Waals surface area contributed by atoms with E-state index < -0.39 is 10.8 Å². The van der Waals surface area contributed by atoms with Crippen molar-refractivity contribution < 1.29 is 14.6 Å². The van der Waals surface area contributed by atoms with E-state index in [1.54, 1.807) is 0 Å². The van der Waals surface area contributed by atoms with E-state index in [1.807, 2.05) is 45.0 Å². The number of benzene rings is 1. The lowest BCUT2D eigenvalue weighted by Crippen LogP contribution is -2.22. The largest absolute Gasteiger partial charge is 0.488 e. The normalized spacial score (nSPS) is 13.2. The molecule has 1 N–H and O–H groups in total. The summed E-state index contributed by atoms with van der Waals surface area (Å²) in [5.41, 5.74) is 0.746. The van der Waals surface area contributed by atoms with E-state index in [0.717, 1.165) is 11.3 Å². The lowest BCUT2D eigenvalue weighted by atomic mass is 10.1. The molecule has 0 saturated heterocycles. The minimum absolute atomic E-state index is 0.222. The summed E-state index contributed by atoms with van der Waals surface area (Å²) in [5, 5.41) is 8.78. The Bertz CT molecular complexity index is 379. The van der Waals surface area contributed by atoms with Crippen molar-refractivity contribution in [2.75, 3.05) is 0 Å². The molecule has 4 heteroatoms. The number of carbonyl (C=O) groups is 1. The van der Waals surface area contributed by atoms with Gasteiger partial charge in [-0.25, -0.2) is 0 Å². The van der Waals surface area contributed by atoms with Gasteiger partial charge in [0.1, 0.15) is 16.2 Å². The summed E-state index contributed by atoms with van der Waals surface area (Å²) < 4.78 is 5.68. The Morgan fingerprint density at radius 1 is 1.35 bits per heavy atom. The van der Waals surface area contributed by atoms with Crippen molar-refractivity contribution in [1.29, 1.82) is 0 Å². The zero-order valence-corrected chi connectivity index (χ0v) is 11.8. The van der Waals surface area contributed by atoms with Crippen LogP contribution in [0.2, 0.25) is 0 Å². The van der Waals surface area contributed by atoms with Gasteiger partial charge in [0, 0.05) is 0 Å². The molecular formula is C13H17BrO3. The maximum absolute atomic E-state index is 10.7. The predicted octanol–water partition coefficient (Wildman–Crippen LogP) is 3.25. The molecule has 0 bridgehead atoms. The van der Waals surface area contributed by atoms with Crippen LogP contribution in [0.5, 0.6) is 5.75 Å². The number of aliphatic carboxylic acids is 1. The van der Waals surface area contributed by atoms with E-state index in [2.05, 4.69) is 15.9 Å². The number of hydrogen-bond donors (Lipinski definition) is 1. The van der Waals surface area contributed by atoms with Gasteiger partial charge in [0.25, 0.3) is 0 Å². The van der Waals surface area contributed by atoms with Gasteiger partial charge < -0.3 is 9.84 Å². The quantitative estimate of drug-likeness (QED) is 0.868. The highest BCUT2D eigenvalue weighted by Crippen LogP contribution is 2.20. The fraction of sp³-hybridized carbons (Fsp3) is 0.462. The molecule has 1 atom stereocenters. The lowest BCUT2D eigenvalue weighted by molar-refractivity contribution is -0.136. The minimum atomic E-state index is -0.847. The summed E-state index contributed by atoms with van der Waals surface area (Å²) in [6, 6.07) is 7.50. The Morgan fingerprint density at radius 2 is 1.88 bits per heavy atom. The Hall–Kier alpha value is -1.03. The predicted molar refractivity (Wildman–Crippen MR) is 70.9 cm³/mol. The summed E-state index contributed by atoms with van der Waals surface area (Å²) in [4.78, 5) is 10.1. The van der Waals surface area contributed by atoms with Gasteiger partial charge in [-0.3, -0.25) is 4.79 Å². The molecule has 0 aliphatic heterocycles. The first-order valence-electron chi connectivity index (χ1n) is 5.43. The Morgan fingerprint density at radius 3 is 2.29 bits per heavy atom. The zero-order chi connectivity index (χ0) is 13.1. The van der Waals surface area contributed by atoms with Gasteiger partial charge in [-0.2, -0.15) is 0 Å².